The molecule has 1 aliphatic heterocycles. The molecule has 116 valence electrons. The molecule has 0 spiro atoms. The molecule has 1 heterocycles. The van der Waals surface area contributed by atoms with Crippen LogP contribution in [0.4, 0.5) is 0 Å². The molecule has 0 bridgehead atoms. The molecule has 3 heteroatoms. The SMILES string of the molecule is CCNC(COc1ccc2c(c1)CCCC2)C1CCOC1. The summed E-state index contributed by atoms with van der Waals surface area (Å²) in [7, 11) is 0. The van der Waals surface area contributed by atoms with Crippen molar-refractivity contribution in [3.05, 3.63) is 29.3 Å². The summed E-state index contributed by atoms with van der Waals surface area (Å²) in [6.07, 6.45) is 6.23. The van der Waals surface area contributed by atoms with Crippen molar-refractivity contribution in [2.45, 2.75) is 45.1 Å². The minimum Gasteiger partial charge on any atom is -0.492 e. The maximum atomic E-state index is 6.08. The second-order valence-corrected chi connectivity index (χ2v) is 6.24. The van der Waals surface area contributed by atoms with Crippen LogP contribution in [0, 0.1) is 5.92 Å². The van der Waals surface area contributed by atoms with Crippen LogP contribution in [-0.2, 0) is 17.6 Å². The number of benzene rings is 1. The molecule has 0 amide bonds. The largest absolute Gasteiger partial charge is 0.492 e. The molecule has 2 atom stereocenters. The van der Waals surface area contributed by atoms with Crippen molar-refractivity contribution in [3.63, 3.8) is 0 Å². The average molecular weight is 289 g/mol. The van der Waals surface area contributed by atoms with E-state index in [0.29, 0.717) is 12.0 Å². The van der Waals surface area contributed by atoms with Crippen LogP contribution in [0.5, 0.6) is 5.75 Å². The predicted octanol–water partition coefficient (Wildman–Crippen LogP) is 2.96. The summed E-state index contributed by atoms with van der Waals surface area (Å²) >= 11 is 0. The highest BCUT2D eigenvalue weighted by atomic mass is 16.5. The molecule has 1 saturated heterocycles. The van der Waals surface area contributed by atoms with Crippen molar-refractivity contribution in [3.8, 4) is 5.75 Å². The van der Waals surface area contributed by atoms with E-state index in [0.717, 1.165) is 38.5 Å². The van der Waals surface area contributed by atoms with Crippen LogP contribution >= 0.6 is 0 Å². The van der Waals surface area contributed by atoms with Gasteiger partial charge in [-0.2, -0.15) is 0 Å². The lowest BCUT2D eigenvalue weighted by molar-refractivity contribution is 0.161. The van der Waals surface area contributed by atoms with E-state index in [1.165, 1.54) is 36.8 Å². The fraction of sp³-hybridized carbons (Fsp3) is 0.667. The summed E-state index contributed by atoms with van der Waals surface area (Å²) < 4.78 is 11.6. The quantitative estimate of drug-likeness (QED) is 0.873. The van der Waals surface area contributed by atoms with Crippen molar-refractivity contribution < 1.29 is 9.47 Å². The van der Waals surface area contributed by atoms with Gasteiger partial charge in [0.1, 0.15) is 12.4 Å². The first-order valence-electron chi connectivity index (χ1n) is 8.42. The van der Waals surface area contributed by atoms with Gasteiger partial charge in [0.15, 0.2) is 0 Å². The summed E-state index contributed by atoms with van der Waals surface area (Å²) in [5, 5.41) is 3.55. The number of hydrogen-bond donors (Lipinski definition) is 1. The standard InChI is InChI=1S/C18H27NO2/c1-2-19-18(16-9-10-20-12-16)13-21-17-8-7-14-5-3-4-6-15(14)11-17/h7-8,11,16,18-19H,2-6,9-10,12-13H2,1H3. The normalized spacial score (nSPS) is 22.8. The molecule has 1 fully saturated rings. The lowest BCUT2D eigenvalue weighted by Crippen LogP contribution is -2.41. The summed E-state index contributed by atoms with van der Waals surface area (Å²) in [6, 6.07) is 7.04. The summed E-state index contributed by atoms with van der Waals surface area (Å²) in [4.78, 5) is 0. The number of aryl methyl sites for hydroxylation is 2. The van der Waals surface area contributed by atoms with Gasteiger partial charge in [0.2, 0.25) is 0 Å². The Labute approximate surface area is 128 Å². The first kappa shape index (κ1) is 14.9. The van der Waals surface area contributed by atoms with E-state index in [1.54, 1.807) is 0 Å². The molecule has 2 aliphatic rings. The number of fused-ring (bicyclic) bond motifs is 1. The number of hydrogen-bond acceptors (Lipinski definition) is 3. The number of likely N-dealkylation sites (N-methyl/N-ethyl adjacent to an activating group) is 1. The third kappa shape index (κ3) is 3.78. The lowest BCUT2D eigenvalue weighted by Gasteiger charge is -2.24. The van der Waals surface area contributed by atoms with E-state index < -0.39 is 0 Å². The molecular weight excluding hydrogens is 262 g/mol. The molecule has 2 unspecified atom stereocenters. The molecule has 1 aromatic carbocycles. The summed E-state index contributed by atoms with van der Waals surface area (Å²) in [5.74, 6) is 1.61. The van der Waals surface area contributed by atoms with Crippen LogP contribution in [0.15, 0.2) is 18.2 Å². The highest BCUT2D eigenvalue weighted by Crippen LogP contribution is 2.26. The smallest absolute Gasteiger partial charge is 0.119 e. The molecule has 3 nitrogen and oxygen atoms in total. The molecule has 1 aromatic rings. The van der Waals surface area contributed by atoms with Crippen LogP contribution in [-0.4, -0.2) is 32.4 Å². The van der Waals surface area contributed by atoms with E-state index in [2.05, 4.69) is 30.4 Å². The zero-order valence-electron chi connectivity index (χ0n) is 13.1. The van der Waals surface area contributed by atoms with Gasteiger partial charge in [0.25, 0.3) is 0 Å². The molecule has 0 radical (unpaired) electrons. The number of nitrogens with one attached hydrogen (secondary N) is 1. The van der Waals surface area contributed by atoms with Gasteiger partial charge in [-0.25, -0.2) is 0 Å². The highest BCUT2D eigenvalue weighted by Gasteiger charge is 2.25. The fourth-order valence-electron chi connectivity index (χ4n) is 3.48. The van der Waals surface area contributed by atoms with Crippen LogP contribution < -0.4 is 10.1 Å². The summed E-state index contributed by atoms with van der Waals surface area (Å²) in [6.45, 7) is 5.63. The van der Waals surface area contributed by atoms with Crippen molar-refractivity contribution >= 4 is 0 Å². The first-order chi connectivity index (χ1) is 10.4. The van der Waals surface area contributed by atoms with E-state index in [4.69, 9.17) is 9.47 Å². The molecule has 0 saturated carbocycles. The zero-order valence-corrected chi connectivity index (χ0v) is 13.1. The van der Waals surface area contributed by atoms with Gasteiger partial charge in [0, 0.05) is 18.6 Å². The number of rotatable bonds is 6. The van der Waals surface area contributed by atoms with Gasteiger partial charge in [-0.3, -0.25) is 0 Å². The summed E-state index contributed by atoms with van der Waals surface area (Å²) in [5.41, 5.74) is 3.00. The molecular formula is C18H27NO2. The van der Waals surface area contributed by atoms with Gasteiger partial charge >= 0.3 is 0 Å². The third-order valence-corrected chi connectivity index (χ3v) is 4.75. The third-order valence-electron chi connectivity index (χ3n) is 4.75. The van der Waals surface area contributed by atoms with Crippen LogP contribution in [0.2, 0.25) is 0 Å². The van der Waals surface area contributed by atoms with Gasteiger partial charge in [-0.05, 0) is 61.9 Å². The Bertz CT molecular complexity index is 455. The zero-order chi connectivity index (χ0) is 14.5. The predicted molar refractivity (Wildman–Crippen MR) is 85.0 cm³/mol. The fourth-order valence-corrected chi connectivity index (χ4v) is 3.48. The second kappa shape index (κ2) is 7.28. The molecule has 21 heavy (non-hydrogen) atoms. The van der Waals surface area contributed by atoms with Crippen LogP contribution in [0.3, 0.4) is 0 Å². The van der Waals surface area contributed by atoms with Gasteiger partial charge < -0.3 is 14.8 Å². The lowest BCUT2D eigenvalue weighted by atomic mass is 9.92. The Balaban J connectivity index is 1.59. The van der Waals surface area contributed by atoms with Crippen molar-refractivity contribution in [1.82, 2.24) is 5.32 Å². The van der Waals surface area contributed by atoms with Crippen molar-refractivity contribution in [1.29, 1.82) is 0 Å². The van der Waals surface area contributed by atoms with Gasteiger partial charge in [-0.15, -0.1) is 0 Å². The Hall–Kier alpha value is -1.06. The molecule has 1 aliphatic carbocycles. The Morgan fingerprint density at radius 1 is 1.29 bits per heavy atom. The molecule has 3 rings (SSSR count). The monoisotopic (exact) mass is 289 g/mol. The maximum Gasteiger partial charge on any atom is 0.119 e. The Kier molecular flexibility index (Phi) is 5.15. The van der Waals surface area contributed by atoms with E-state index in [-0.39, 0.29) is 0 Å². The van der Waals surface area contributed by atoms with E-state index in [1.807, 2.05) is 0 Å². The Morgan fingerprint density at radius 2 is 2.14 bits per heavy atom. The van der Waals surface area contributed by atoms with Gasteiger partial charge in [0.05, 0.1) is 6.61 Å². The molecule has 0 aromatic heterocycles. The minimum absolute atomic E-state index is 0.397. The number of ether oxygens (including phenoxy) is 2. The maximum absolute atomic E-state index is 6.08. The topological polar surface area (TPSA) is 30.5 Å². The van der Waals surface area contributed by atoms with E-state index in [9.17, 15) is 0 Å². The highest BCUT2D eigenvalue weighted by molar-refractivity contribution is 5.37. The van der Waals surface area contributed by atoms with Gasteiger partial charge in [-0.1, -0.05) is 13.0 Å². The second-order valence-electron chi connectivity index (χ2n) is 6.24. The first-order valence-corrected chi connectivity index (χ1v) is 8.42. The Morgan fingerprint density at radius 3 is 2.90 bits per heavy atom. The average Bonchev–Trinajstić information content (AvgIpc) is 3.05. The minimum atomic E-state index is 0.397. The van der Waals surface area contributed by atoms with Crippen LogP contribution in [0.1, 0.15) is 37.3 Å². The van der Waals surface area contributed by atoms with Crippen molar-refractivity contribution in [2.75, 3.05) is 26.4 Å². The van der Waals surface area contributed by atoms with Crippen molar-refractivity contribution in [2.24, 2.45) is 5.92 Å². The van der Waals surface area contributed by atoms with Crippen LogP contribution in [0.25, 0.3) is 0 Å². The molecule has 1 N–H and O–H groups in total. The van der Waals surface area contributed by atoms with E-state index >= 15 is 0 Å².